The van der Waals surface area contributed by atoms with Crippen LogP contribution >= 0.6 is 11.8 Å². The molecule has 1 aromatic rings. The molecular weight excluding hydrogens is 412 g/mol. The summed E-state index contributed by atoms with van der Waals surface area (Å²) in [6.45, 7) is -0.264. The largest absolute Gasteiger partial charge is 0.456 e. The zero-order chi connectivity index (χ0) is 20.5. The van der Waals surface area contributed by atoms with Crippen LogP contribution in [0.4, 0.5) is 5.69 Å². The maximum absolute atomic E-state index is 12.5. The summed E-state index contributed by atoms with van der Waals surface area (Å²) in [6, 6.07) is 5.55. The van der Waals surface area contributed by atoms with Gasteiger partial charge in [0.15, 0.2) is 0 Å². The van der Waals surface area contributed by atoms with Crippen LogP contribution in [0.5, 0.6) is 0 Å². The Kier molecular flexibility index (Phi) is 5.72. The highest BCUT2D eigenvalue weighted by Gasteiger charge is 2.48. The number of carbonyl (C=O) groups is 2. The highest BCUT2D eigenvalue weighted by Crippen LogP contribution is 2.47. The molecule has 0 radical (unpaired) electrons. The lowest BCUT2D eigenvalue weighted by molar-refractivity contribution is -0.384. The first-order valence-electron chi connectivity index (χ1n) is 8.12. The van der Waals surface area contributed by atoms with Crippen molar-refractivity contribution in [1.82, 2.24) is 4.90 Å². The van der Waals surface area contributed by atoms with Crippen LogP contribution in [0, 0.1) is 10.1 Å². The van der Waals surface area contributed by atoms with Crippen LogP contribution in [0.1, 0.15) is 18.4 Å². The fourth-order valence-corrected chi connectivity index (χ4v) is 4.47. The number of β-lactam (4-membered cyclic amide) rings is 1. The zero-order valence-corrected chi connectivity index (χ0v) is 16.3. The number of nitrogens with zero attached hydrogens (tertiary/aromatic N) is 2. The van der Waals surface area contributed by atoms with Gasteiger partial charge in [0.2, 0.25) is 5.91 Å². The maximum Gasteiger partial charge on any atom is 0.356 e. The summed E-state index contributed by atoms with van der Waals surface area (Å²) in [5.41, 5.74) is 0.580. The van der Waals surface area contributed by atoms with Crippen LogP contribution < -0.4 is 0 Å². The van der Waals surface area contributed by atoms with Gasteiger partial charge in [0, 0.05) is 23.5 Å². The summed E-state index contributed by atoms with van der Waals surface area (Å²) >= 11 is 1.31. The van der Waals surface area contributed by atoms with E-state index in [0.29, 0.717) is 16.9 Å². The lowest BCUT2D eigenvalue weighted by Crippen LogP contribution is -2.48. The number of amides is 1. The van der Waals surface area contributed by atoms with E-state index in [4.69, 9.17) is 8.92 Å². The predicted molar refractivity (Wildman–Crippen MR) is 98.2 cm³/mol. The van der Waals surface area contributed by atoms with Gasteiger partial charge in [0.1, 0.15) is 12.3 Å². The lowest BCUT2D eigenvalue weighted by atomic mass is 10.1. The van der Waals surface area contributed by atoms with Crippen molar-refractivity contribution in [2.45, 2.75) is 24.8 Å². The Morgan fingerprint density at radius 1 is 1.36 bits per heavy atom. The van der Waals surface area contributed by atoms with Crippen LogP contribution in [0.25, 0.3) is 0 Å². The first-order valence-corrected chi connectivity index (χ1v) is 10.8. The van der Waals surface area contributed by atoms with Gasteiger partial charge in [-0.05, 0) is 17.7 Å². The summed E-state index contributed by atoms with van der Waals surface area (Å²) in [4.78, 5) is 36.4. The molecule has 1 amide bonds. The first-order chi connectivity index (χ1) is 13.2. The molecule has 3 rings (SSSR count). The smallest absolute Gasteiger partial charge is 0.356 e. The Labute approximate surface area is 164 Å². The van der Waals surface area contributed by atoms with Crippen molar-refractivity contribution in [3.05, 3.63) is 50.5 Å². The quantitative estimate of drug-likeness (QED) is 0.199. The van der Waals surface area contributed by atoms with Gasteiger partial charge in [-0.2, -0.15) is 8.42 Å². The molecule has 1 atom stereocenters. The van der Waals surface area contributed by atoms with Crippen molar-refractivity contribution in [2.24, 2.45) is 0 Å². The topological polar surface area (TPSA) is 133 Å². The molecule has 28 heavy (non-hydrogen) atoms. The number of non-ortho nitro benzene ring substituents is 1. The minimum Gasteiger partial charge on any atom is -0.456 e. The number of hydrogen-bond donors (Lipinski definition) is 0. The molecule has 2 heterocycles. The van der Waals surface area contributed by atoms with Gasteiger partial charge in [-0.25, -0.2) is 4.79 Å². The summed E-state index contributed by atoms with van der Waals surface area (Å²) in [5.74, 6) is -0.922. The fourth-order valence-electron chi connectivity index (χ4n) is 2.71. The summed E-state index contributed by atoms with van der Waals surface area (Å²) in [5, 5.41) is 10.5. The molecule has 0 aliphatic carbocycles. The standard InChI is InChI=1S/C16H16N2O8S2/c1-28(23,24)26-7-6-12-15(17-13(19)8-14(17)27-12)16(20)25-9-10-2-4-11(5-3-10)18(21)22/h2-5,14H,6-9H2,1H3. The molecule has 2 aliphatic heterocycles. The lowest BCUT2D eigenvalue weighted by Gasteiger charge is -2.34. The van der Waals surface area contributed by atoms with E-state index >= 15 is 0 Å². The van der Waals surface area contributed by atoms with Gasteiger partial charge in [-0.3, -0.25) is 24.0 Å². The average Bonchev–Trinajstić information content (AvgIpc) is 2.91. The molecule has 12 heteroatoms. The minimum atomic E-state index is -3.61. The van der Waals surface area contributed by atoms with Crippen LogP contribution in [0.3, 0.4) is 0 Å². The van der Waals surface area contributed by atoms with Crippen molar-refractivity contribution in [1.29, 1.82) is 0 Å². The number of nitro groups is 1. The molecule has 1 fully saturated rings. The normalized spacial score (nSPS) is 18.7. The Morgan fingerprint density at radius 3 is 2.61 bits per heavy atom. The summed E-state index contributed by atoms with van der Waals surface area (Å²) in [7, 11) is -3.61. The second kappa shape index (κ2) is 7.89. The Bertz CT molecular complexity index is 955. The van der Waals surface area contributed by atoms with Gasteiger partial charge < -0.3 is 4.74 Å². The Balaban J connectivity index is 1.67. The second-order valence-corrected chi connectivity index (χ2v) is 9.00. The highest BCUT2D eigenvalue weighted by atomic mass is 32.2. The van der Waals surface area contributed by atoms with Crippen molar-refractivity contribution < 1.29 is 31.9 Å². The van der Waals surface area contributed by atoms with E-state index in [2.05, 4.69) is 0 Å². The van der Waals surface area contributed by atoms with Crippen LogP contribution in [-0.4, -0.2) is 48.4 Å². The molecule has 2 aliphatic rings. The van der Waals surface area contributed by atoms with Crippen molar-refractivity contribution in [3.63, 3.8) is 0 Å². The van der Waals surface area contributed by atoms with E-state index < -0.39 is 21.0 Å². The molecule has 1 unspecified atom stereocenters. The van der Waals surface area contributed by atoms with Gasteiger partial charge in [0.05, 0.1) is 29.6 Å². The molecule has 0 aromatic heterocycles. The van der Waals surface area contributed by atoms with Crippen molar-refractivity contribution in [3.8, 4) is 0 Å². The predicted octanol–water partition coefficient (Wildman–Crippen LogP) is 1.52. The molecule has 0 spiro atoms. The van der Waals surface area contributed by atoms with Gasteiger partial charge in [-0.1, -0.05) is 0 Å². The molecule has 0 bridgehead atoms. The summed E-state index contributed by atoms with van der Waals surface area (Å²) < 4.78 is 32.2. The number of fused-ring (bicyclic) bond motifs is 1. The number of nitro benzene ring substituents is 1. The Morgan fingerprint density at radius 2 is 2.04 bits per heavy atom. The van der Waals surface area contributed by atoms with Gasteiger partial charge in [0.25, 0.3) is 15.8 Å². The molecular formula is C16H16N2O8S2. The first kappa shape index (κ1) is 20.3. The van der Waals surface area contributed by atoms with E-state index in [1.807, 2.05) is 0 Å². The molecule has 150 valence electrons. The molecule has 10 nitrogen and oxygen atoms in total. The van der Waals surface area contributed by atoms with E-state index in [1.54, 1.807) is 0 Å². The number of rotatable bonds is 8. The van der Waals surface area contributed by atoms with Crippen molar-refractivity contribution in [2.75, 3.05) is 12.9 Å². The zero-order valence-electron chi connectivity index (χ0n) is 14.7. The minimum absolute atomic E-state index is 0.0767. The van der Waals surface area contributed by atoms with Gasteiger partial charge in [-0.15, -0.1) is 11.8 Å². The third kappa shape index (κ3) is 4.51. The van der Waals surface area contributed by atoms with E-state index in [0.717, 1.165) is 6.26 Å². The second-order valence-electron chi connectivity index (χ2n) is 6.09. The molecule has 0 saturated carbocycles. The van der Waals surface area contributed by atoms with Crippen LogP contribution in [0.15, 0.2) is 34.9 Å². The summed E-state index contributed by atoms with van der Waals surface area (Å²) in [6.07, 6.45) is 1.37. The number of esters is 1. The third-order valence-electron chi connectivity index (χ3n) is 4.03. The highest BCUT2D eigenvalue weighted by molar-refractivity contribution is 8.04. The van der Waals surface area contributed by atoms with Crippen molar-refractivity contribution >= 4 is 39.4 Å². The average molecular weight is 428 g/mol. The van der Waals surface area contributed by atoms with E-state index in [-0.39, 0.29) is 42.3 Å². The SMILES string of the molecule is CS(=O)(=O)OCCC1=C(C(=O)OCc2ccc([N+](=O)[O-])cc2)N2C(=O)CC2S1. The number of thioether (sulfide) groups is 1. The molecule has 1 saturated heterocycles. The Hall–Kier alpha value is -2.44. The van der Waals surface area contributed by atoms with Crippen LogP contribution in [-0.2, 0) is 35.2 Å². The number of ether oxygens (including phenoxy) is 1. The molecule has 1 aromatic carbocycles. The number of hydrogen-bond acceptors (Lipinski definition) is 9. The monoisotopic (exact) mass is 428 g/mol. The van der Waals surface area contributed by atoms with E-state index in [1.165, 1.54) is 40.9 Å². The maximum atomic E-state index is 12.5. The van der Waals surface area contributed by atoms with Crippen LogP contribution in [0.2, 0.25) is 0 Å². The number of benzene rings is 1. The third-order valence-corrected chi connectivity index (χ3v) is 5.95. The fraction of sp³-hybridized carbons (Fsp3) is 0.375. The van der Waals surface area contributed by atoms with Gasteiger partial charge >= 0.3 is 5.97 Å². The number of carbonyl (C=O) groups excluding carboxylic acids is 2. The van der Waals surface area contributed by atoms with E-state index in [9.17, 15) is 28.1 Å². The molecule has 0 N–H and O–H groups in total.